The first kappa shape index (κ1) is 15.1. The van der Waals surface area contributed by atoms with E-state index in [9.17, 15) is 22.8 Å². The van der Waals surface area contributed by atoms with Crippen molar-refractivity contribution in [2.24, 2.45) is 7.05 Å². The fourth-order valence-electron chi connectivity index (χ4n) is 2.04. The highest BCUT2D eigenvalue weighted by Gasteiger charge is 2.31. The maximum atomic E-state index is 12.7. The Morgan fingerprint density at radius 2 is 1.90 bits per heavy atom. The summed E-state index contributed by atoms with van der Waals surface area (Å²) in [6, 6.07) is 4.39. The van der Waals surface area contributed by atoms with Crippen molar-refractivity contribution in [3.63, 3.8) is 0 Å². The van der Waals surface area contributed by atoms with Crippen LogP contribution in [-0.4, -0.2) is 22.9 Å². The molecule has 2 aromatic rings. The number of aromatic nitrogens is 1. The van der Waals surface area contributed by atoms with Crippen LogP contribution < -0.4 is 0 Å². The van der Waals surface area contributed by atoms with Crippen molar-refractivity contribution in [1.29, 1.82) is 0 Å². The second-order valence-electron chi connectivity index (χ2n) is 4.41. The van der Waals surface area contributed by atoms with Gasteiger partial charge < -0.3 is 9.30 Å². The molecule has 1 aromatic carbocycles. The van der Waals surface area contributed by atoms with Crippen LogP contribution >= 0.6 is 0 Å². The van der Waals surface area contributed by atoms with E-state index < -0.39 is 23.5 Å². The van der Waals surface area contributed by atoms with E-state index in [0.717, 1.165) is 12.1 Å². The van der Waals surface area contributed by atoms with Crippen molar-refractivity contribution in [2.75, 3.05) is 6.61 Å². The fourth-order valence-corrected chi connectivity index (χ4v) is 2.04. The summed E-state index contributed by atoms with van der Waals surface area (Å²) in [5.41, 5.74) is -0.394. The summed E-state index contributed by atoms with van der Waals surface area (Å²) in [4.78, 5) is 23.3. The number of carbonyl (C=O) groups is 2. The zero-order chi connectivity index (χ0) is 15.8. The van der Waals surface area contributed by atoms with Gasteiger partial charge in [-0.05, 0) is 31.2 Å². The molecule has 0 unspecified atom stereocenters. The Balaban J connectivity index is 2.51. The van der Waals surface area contributed by atoms with Gasteiger partial charge in [0, 0.05) is 18.0 Å². The molecule has 1 heterocycles. The minimum atomic E-state index is -4.46. The molecule has 1 aromatic heterocycles. The number of hydrogen-bond acceptors (Lipinski definition) is 3. The van der Waals surface area contributed by atoms with Gasteiger partial charge >= 0.3 is 12.1 Å². The lowest BCUT2D eigenvalue weighted by molar-refractivity contribution is -0.138. The Bertz CT molecular complexity index is 716. The number of fused-ring (bicyclic) bond motifs is 1. The Kier molecular flexibility index (Phi) is 3.76. The third-order valence-electron chi connectivity index (χ3n) is 3.06. The molecule has 0 amide bonds. The van der Waals surface area contributed by atoms with E-state index in [4.69, 9.17) is 0 Å². The average Bonchev–Trinajstić information content (AvgIpc) is 2.74. The molecular formula is C14H12F3NO3. The number of ketones is 1. The SMILES string of the molecule is CCOC(=O)C(=O)c1cc2cc(C(F)(F)F)ccc2n1C. The molecular weight excluding hydrogens is 287 g/mol. The van der Waals surface area contributed by atoms with Gasteiger partial charge in [-0.2, -0.15) is 13.2 Å². The molecule has 0 aliphatic rings. The molecule has 0 N–H and O–H groups in total. The van der Waals surface area contributed by atoms with E-state index in [2.05, 4.69) is 4.74 Å². The molecule has 0 radical (unpaired) electrons. The van der Waals surface area contributed by atoms with E-state index in [1.807, 2.05) is 0 Å². The summed E-state index contributed by atoms with van der Waals surface area (Å²) in [6.45, 7) is 1.61. The topological polar surface area (TPSA) is 48.3 Å². The van der Waals surface area contributed by atoms with E-state index in [0.29, 0.717) is 5.52 Å². The number of Topliss-reactive ketones (excluding diaryl/α,β-unsaturated/α-hetero) is 1. The van der Waals surface area contributed by atoms with Crippen molar-refractivity contribution >= 4 is 22.7 Å². The van der Waals surface area contributed by atoms with E-state index in [1.165, 1.54) is 23.7 Å². The number of nitrogens with zero attached hydrogens (tertiary/aromatic N) is 1. The first-order valence-corrected chi connectivity index (χ1v) is 6.13. The fraction of sp³-hybridized carbons (Fsp3) is 0.286. The number of alkyl halides is 3. The smallest absolute Gasteiger partial charge is 0.416 e. The maximum absolute atomic E-state index is 12.7. The lowest BCUT2D eigenvalue weighted by Crippen LogP contribution is -2.19. The van der Waals surface area contributed by atoms with Gasteiger partial charge in [-0.3, -0.25) is 4.79 Å². The summed E-state index contributed by atoms with van der Waals surface area (Å²) in [5, 5.41) is 0.236. The molecule has 2 rings (SSSR count). The molecule has 0 saturated carbocycles. The highest BCUT2D eigenvalue weighted by Crippen LogP contribution is 2.32. The first-order valence-electron chi connectivity index (χ1n) is 6.13. The van der Waals surface area contributed by atoms with Crippen molar-refractivity contribution < 1.29 is 27.5 Å². The molecule has 0 fully saturated rings. The number of rotatable bonds is 3. The van der Waals surface area contributed by atoms with E-state index in [-0.39, 0.29) is 17.7 Å². The number of halogens is 3. The largest absolute Gasteiger partial charge is 0.460 e. The monoisotopic (exact) mass is 299 g/mol. The molecule has 4 nitrogen and oxygen atoms in total. The Morgan fingerprint density at radius 3 is 2.48 bits per heavy atom. The predicted octanol–water partition coefficient (Wildman–Crippen LogP) is 2.94. The lowest BCUT2D eigenvalue weighted by atomic mass is 10.1. The van der Waals surface area contributed by atoms with Crippen molar-refractivity contribution in [1.82, 2.24) is 4.57 Å². The van der Waals surface area contributed by atoms with Gasteiger partial charge in [0.25, 0.3) is 5.78 Å². The van der Waals surface area contributed by atoms with Crippen LogP contribution in [0, 0.1) is 0 Å². The molecule has 0 spiro atoms. The zero-order valence-electron chi connectivity index (χ0n) is 11.3. The van der Waals surface area contributed by atoms with Crippen LogP contribution in [0.15, 0.2) is 24.3 Å². The number of carbonyl (C=O) groups excluding carboxylic acids is 2. The van der Waals surface area contributed by atoms with Crippen molar-refractivity contribution in [3.8, 4) is 0 Å². The van der Waals surface area contributed by atoms with Crippen LogP contribution in [0.4, 0.5) is 13.2 Å². The van der Waals surface area contributed by atoms with Crippen LogP contribution in [-0.2, 0) is 22.8 Å². The molecule has 0 bridgehead atoms. The summed E-state index contributed by atoms with van der Waals surface area (Å²) >= 11 is 0. The van der Waals surface area contributed by atoms with E-state index in [1.54, 1.807) is 6.92 Å². The van der Waals surface area contributed by atoms with Crippen LogP contribution in [0.1, 0.15) is 23.0 Å². The second-order valence-corrected chi connectivity index (χ2v) is 4.41. The third-order valence-corrected chi connectivity index (χ3v) is 3.06. The Morgan fingerprint density at radius 1 is 1.24 bits per heavy atom. The number of esters is 1. The van der Waals surface area contributed by atoms with Crippen molar-refractivity contribution in [3.05, 3.63) is 35.5 Å². The molecule has 21 heavy (non-hydrogen) atoms. The molecule has 0 atom stereocenters. The normalized spacial score (nSPS) is 11.7. The molecule has 112 valence electrons. The molecule has 0 aliphatic carbocycles. The van der Waals surface area contributed by atoms with Gasteiger partial charge in [0.05, 0.1) is 17.9 Å². The first-order chi connectivity index (χ1) is 9.75. The van der Waals surface area contributed by atoms with Gasteiger partial charge in [0.1, 0.15) is 0 Å². The van der Waals surface area contributed by atoms with Gasteiger partial charge in [-0.1, -0.05) is 0 Å². The number of ether oxygens (including phenoxy) is 1. The lowest BCUT2D eigenvalue weighted by Gasteiger charge is -2.06. The number of aryl methyl sites for hydroxylation is 1. The van der Waals surface area contributed by atoms with Gasteiger partial charge in [-0.25, -0.2) is 4.79 Å². The summed E-state index contributed by atoms with van der Waals surface area (Å²) in [6.07, 6.45) is -4.46. The average molecular weight is 299 g/mol. The predicted molar refractivity (Wildman–Crippen MR) is 68.9 cm³/mol. The van der Waals surface area contributed by atoms with Crippen LogP contribution in [0.25, 0.3) is 10.9 Å². The molecule has 0 saturated heterocycles. The Labute approximate surface area is 118 Å². The van der Waals surface area contributed by atoms with Gasteiger partial charge in [0.15, 0.2) is 0 Å². The van der Waals surface area contributed by atoms with Gasteiger partial charge in [-0.15, -0.1) is 0 Å². The second kappa shape index (κ2) is 5.23. The number of hydrogen-bond donors (Lipinski definition) is 0. The van der Waals surface area contributed by atoms with Crippen molar-refractivity contribution in [2.45, 2.75) is 13.1 Å². The third kappa shape index (κ3) is 2.76. The number of benzene rings is 1. The van der Waals surface area contributed by atoms with Crippen LogP contribution in [0.3, 0.4) is 0 Å². The Hall–Kier alpha value is -2.31. The standard InChI is InChI=1S/C14H12F3NO3/c1-3-21-13(20)12(19)11-7-8-6-9(14(15,16)17)4-5-10(8)18(11)2/h4-7H,3H2,1-2H3. The summed E-state index contributed by atoms with van der Waals surface area (Å²) in [7, 11) is 1.50. The molecule has 7 heteroatoms. The van der Waals surface area contributed by atoms with E-state index >= 15 is 0 Å². The highest BCUT2D eigenvalue weighted by atomic mass is 19.4. The van der Waals surface area contributed by atoms with Crippen LogP contribution in [0.2, 0.25) is 0 Å². The minimum absolute atomic E-state index is 0.0113. The van der Waals surface area contributed by atoms with Crippen LogP contribution in [0.5, 0.6) is 0 Å². The zero-order valence-corrected chi connectivity index (χ0v) is 11.3. The summed E-state index contributed by atoms with van der Waals surface area (Å²) < 4.78 is 44.0. The highest BCUT2D eigenvalue weighted by molar-refractivity contribution is 6.40. The minimum Gasteiger partial charge on any atom is -0.460 e. The quantitative estimate of drug-likeness (QED) is 0.497. The molecule has 0 aliphatic heterocycles. The summed E-state index contributed by atoms with van der Waals surface area (Å²) in [5.74, 6) is -1.91. The van der Waals surface area contributed by atoms with Gasteiger partial charge in [0.2, 0.25) is 0 Å². The maximum Gasteiger partial charge on any atom is 0.416 e.